The van der Waals surface area contributed by atoms with Crippen LogP contribution in [0, 0.1) is 18.3 Å². The standard InChI is InChI=1S/C14H20N2O3S/c1-9-15-11(8-20-9)12(17)16-6-4-5-10(7-16)14(2,3)13(18)19/h8,10H,4-7H2,1-3H3,(H,18,19). The number of carboxylic acids is 1. The number of piperidine rings is 1. The molecule has 1 unspecified atom stereocenters. The van der Waals surface area contributed by atoms with Crippen molar-refractivity contribution in [2.45, 2.75) is 33.6 Å². The van der Waals surface area contributed by atoms with Gasteiger partial charge in [0.2, 0.25) is 0 Å². The molecule has 1 aliphatic rings. The van der Waals surface area contributed by atoms with E-state index in [4.69, 9.17) is 0 Å². The van der Waals surface area contributed by atoms with Crippen LogP contribution in [0.3, 0.4) is 0 Å². The molecule has 2 heterocycles. The molecule has 1 amide bonds. The zero-order chi connectivity index (χ0) is 14.9. The van der Waals surface area contributed by atoms with E-state index in [-0.39, 0.29) is 11.8 Å². The molecule has 0 radical (unpaired) electrons. The second-order valence-corrected chi connectivity index (χ2v) is 6.93. The Morgan fingerprint density at radius 1 is 1.50 bits per heavy atom. The molecule has 1 atom stereocenters. The van der Waals surface area contributed by atoms with E-state index in [1.807, 2.05) is 6.92 Å². The van der Waals surface area contributed by atoms with E-state index >= 15 is 0 Å². The van der Waals surface area contributed by atoms with E-state index in [1.165, 1.54) is 11.3 Å². The number of carbonyl (C=O) groups excluding carboxylic acids is 1. The molecule has 1 saturated heterocycles. The van der Waals surface area contributed by atoms with E-state index in [2.05, 4.69) is 4.98 Å². The molecular formula is C14H20N2O3S. The van der Waals surface area contributed by atoms with E-state index in [0.717, 1.165) is 17.8 Å². The van der Waals surface area contributed by atoms with Gasteiger partial charge >= 0.3 is 5.97 Å². The average molecular weight is 296 g/mol. The Morgan fingerprint density at radius 2 is 2.20 bits per heavy atom. The Kier molecular flexibility index (Phi) is 4.13. The SMILES string of the molecule is Cc1nc(C(=O)N2CCCC(C(C)(C)C(=O)O)C2)cs1. The number of rotatable bonds is 3. The molecule has 110 valence electrons. The lowest BCUT2D eigenvalue weighted by molar-refractivity contribution is -0.151. The highest BCUT2D eigenvalue weighted by molar-refractivity contribution is 7.09. The highest BCUT2D eigenvalue weighted by atomic mass is 32.1. The van der Waals surface area contributed by atoms with Crippen molar-refractivity contribution in [1.29, 1.82) is 0 Å². The predicted octanol–water partition coefficient (Wildman–Crippen LogP) is 2.41. The summed E-state index contributed by atoms with van der Waals surface area (Å²) in [6, 6.07) is 0. The van der Waals surface area contributed by atoms with Gasteiger partial charge in [0.05, 0.1) is 10.4 Å². The Morgan fingerprint density at radius 3 is 2.75 bits per heavy atom. The summed E-state index contributed by atoms with van der Waals surface area (Å²) < 4.78 is 0. The summed E-state index contributed by atoms with van der Waals surface area (Å²) in [7, 11) is 0. The van der Waals surface area contributed by atoms with Gasteiger partial charge in [-0.05, 0) is 39.5 Å². The molecule has 20 heavy (non-hydrogen) atoms. The number of likely N-dealkylation sites (tertiary alicyclic amines) is 1. The van der Waals surface area contributed by atoms with Gasteiger partial charge in [0.1, 0.15) is 5.69 Å². The molecule has 0 aromatic carbocycles. The molecule has 0 aliphatic carbocycles. The van der Waals surface area contributed by atoms with Crippen LogP contribution in [0.15, 0.2) is 5.38 Å². The van der Waals surface area contributed by atoms with Crippen LogP contribution in [-0.2, 0) is 4.79 Å². The number of nitrogens with zero attached hydrogens (tertiary/aromatic N) is 2. The summed E-state index contributed by atoms with van der Waals surface area (Å²) in [6.07, 6.45) is 1.69. The normalized spacial score (nSPS) is 19.9. The molecule has 0 spiro atoms. The van der Waals surface area contributed by atoms with Crippen LogP contribution in [0.5, 0.6) is 0 Å². The summed E-state index contributed by atoms with van der Waals surface area (Å²) in [5, 5.41) is 12.0. The predicted molar refractivity (Wildman–Crippen MR) is 76.9 cm³/mol. The maximum absolute atomic E-state index is 12.4. The lowest BCUT2D eigenvalue weighted by Crippen LogP contribution is -2.46. The fraction of sp³-hybridized carbons (Fsp3) is 0.643. The molecular weight excluding hydrogens is 276 g/mol. The Bertz CT molecular complexity index is 524. The van der Waals surface area contributed by atoms with Gasteiger partial charge < -0.3 is 10.0 Å². The summed E-state index contributed by atoms with van der Waals surface area (Å²) in [4.78, 5) is 29.7. The minimum Gasteiger partial charge on any atom is -0.481 e. The van der Waals surface area contributed by atoms with Crippen LogP contribution < -0.4 is 0 Å². The molecule has 1 N–H and O–H groups in total. The quantitative estimate of drug-likeness (QED) is 0.930. The van der Waals surface area contributed by atoms with Crippen molar-refractivity contribution >= 4 is 23.2 Å². The molecule has 1 fully saturated rings. The van der Waals surface area contributed by atoms with Crippen molar-refractivity contribution in [3.05, 3.63) is 16.1 Å². The third-order valence-corrected chi connectivity index (χ3v) is 4.89. The third-order valence-electron chi connectivity index (χ3n) is 4.12. The smallest absolute Gasteiger partial charge is 0.309 e. The lowest BCUT2D eigenvalue weighted by atomic mass is 9.74. The van der Waals surface area contributed by atoms with Crippen LogP contribution in [-0.4, -0.2) is 40.0 Å². The fourth-order valence-corrected chi connectivity index (χ4v) is 3.14. The van der Waals surface area contributed by atoms with Crippen LogP contribution in [0.4, 0.5) is 0 Å². The number of amides is 1. The number of carboxylic acid groups (broad SMARTS) is 1. The molecule has 5 nitrogen and oxygen atoms in total. The monoisotopic (exact) mass is 296 g/mol. The number of thiazole rings is 1. The lowest BCUT2D eigenvalue weighted by Gasteiger charge is -2.39. The van der Waals surface area contributed by atoms with Crippen molar-refractivity contribution in [3.8, 4) is 0 Å². The molecule has 6 heteroatoms. The summed E-state index contributed by atoms with van der Waals surface area (Å²) in [6.45, 7) is 6.52. The number of hydrogen-bond donors (Lipinski definition) is 1. The molecule has 1 aromatic heterocycles. The second-order valence-electron chi connectivity index (χ2n) is 5.87. The first-order valence-electron chi connectivity index (χ1n) is 6.77. The van der Waals surface area contributed by atoms with Crippen molar-refractivity contribution in [2.75, 3.05) is 13.1 Å². The van der Waals surface area contributed by atoms with Crippen molar-refractivity contribution in [1.82, 2.24) is 9.88 Å². The van der Waals surface area contributed by atoms with Crippen LogP contribution in [0.2, 0.25) is 0 Å². The Hall–Kier alpha value is -1.43. The van der Waals surface area contributed by atoms with Crippen LogP contribution >= 0.6 is 11.3 Å². The average Bonchev–Trinajstić information content (AvgIpc) is 2.84. The van der Waals surface area contributed by atoms with E-state index < -0.39 is 11.4 Å². The second kappa shape index (κ2) is 5.52. The first-order valence-corrected chi connectivity index (χ1v) is 7.65. The topological polar surface area (TPSA) is 70.5 Å². The molecule has 1 aromatic rings. The van der Waals surface area contributed by atoms with Gasteiger partial charge in [-0.1, -0.05) is 0 Å². The Labute approximate surface area is 122 Å². The van der Waals surface area contributed by atoms with Gasteiger partial charge in [0.25, 0.3) is 5.91 Å². The highest BCUT2D eigenvalue weighted by Crippen LogP contribution is 2.34. The number of hydrogen-bond acceptors (Lipinski definition) is 4. The zero-order valence-corrected chi connectivity index (χ0v) is 12.9. The van der Waals surface area contributed by atoms with Gasteiger partial charge in [-0.2, -0.15) is 0 Å². The maximum Gasteiger partial charge on any atom is 0.309 e. The highest BCUT2D eigenvalue weighted by Gasteiger charge is 2.40. The summed E-state index contributed by atoms with van der Waals surface area (Å²) >= 11 is 1.46. The number of carbonyl (C=O) groups is 2. The first-order chi connectivity index (χ1) is 9.32. The fourth-order valence-electron chi connectivity index (χ4n) is 2.55. The van der Waals surface area contributed by atoms with Gasteiger partial charge in [-0.3, -0.25) is 9.59 Å². The first kappa shape index (κ1) is 15.0. The van der Waals surface area contributed by atoms with Crippen molar-refractivity contribution in [3.63, 3.8) is 0 Å². The molecule has 0 bridgehead atoms. The van der Waals surface area contributed by atoms with Crippen molar-refractivity contribution in [2.24, 2.45) is 11.3 Å². The summed E-state index contributed by atoms with van der Waals surface area (Å²) in [5.41, 5.74) is -0.335. The minimum absolute atomic E-state index is 0.0163. The van der Waals surface area contributed by atoms with Crippen LogP contribution in [0.1, 0.15) is 42.2 Å². The number of aryl methyl sites for hydroxylation is 1. The Balaban J connectivity index is 2.11. The number of aromatic nitrogens is 1. The number of aliphatic carboxylic acids is 1. The van der Waals surface area contributed by atoms with E-state index in [1.54, 1.807) is 24.1 Å². The van der Waals surface area contributed by atoms with Gasteiger partial charge in [-0.15, -0.1) is 11.3 Å². The van der Waals surface area contributed by atoms with Gasteiger partial charge in [0.15, 0.2) is 0 Å². The van der Waals surface area contributed by atoms with E-state index in [0.29, 0.717) is 18.8 Å². The molecule has 1 aliphatic heterocycles. The zero-order valence-electron chi connectivity index (χ0n) is 12.0. The van der Waals surface area contributed by atoms with E-state index in [9.17, 15) is 14.7 Å². The molecule has 0 saturated carbocycles. The van der Waals surface area contributed by atoms with Crippen molar-refractivity contribution < 1.29 is 14.7 Å². The summed E-state index contributed by atoms with van der Waals surface area (Å²) in [5.74, 6) is -0.904. The van der Waals surface area contributed by atoms with Crippen LogP contribution in [0.25, 0.3) is 0 Å². The largest absolute Gasteiger partial charge is 0.481 e. The minimum atomic E-state index is -0.809. The molecule has 2 rings (SSSR count). The third kappa shape index (κ3) is 2.85. The maximum atomic E-state index is 12.4. The van der Waals surface area contributed by atoms with Gasteiger partial charge in [-0.25, -0.2) is 4.98 Å². The van der Waals surface area contributed by atoms with Gasteiger partial charge in [0, 0.05) is 18.5 Å².